The molecule has 0 unspecified atom stereocenters. The topological polar surface area (TPSA) is 90.5 Å². The lowest BCUT2D eigenvalue weighted by Gasteiger charge is -2.09. The summed E-state index contributed by atoms with van der Waals surface area (Å²) in [5.74, 6) is 0.959. The van der Waals surface area contributed by atoms with E-state index in [9.17, 15) is 4.79 Å². The van der Waals surface area contributed by atoms with Gasteiger partial charge in [0.25, 0.3) is 0 Å². The van der Waals surface area contributed by atoms with Gasteiger partial charge in [0.1, 0.15) is 12.7 Å². The molecule has 8 nitrogen and oxygen atoms in total. The number of anilines is 1. The number of aryl methyl sites for hydroxylation is 1. The van der Waals surface area contributed by atoms with Crippen molar-refractivity contribution in [3.05, 3.63) is 66.7 Å². The largest absolute Gasteiger partial charge is 0.325 e. The van der Waals surface area contributed by atoms with Gasteiger partial charge < -0.3 is 9.88 Å². The predicted octanol–water partition coefficient (Wildman–Crippen LogP) is 3.58. The van der Waals surface area contributed by atoms with Gasteiger partial charge in [-0.15, -0.1) is 10.2 Å². The molecular formula is C21H21N7OS. The molecule has 4 aromatic rings. The minimum atomic E-state index is -0.101. The SMILES string of the molecule is CCn1c(SCC(=O)Nc2ccc(-n3cncn3)cc2)nnc1-c1cccc(C)c1. The molecule has 1 N–H and O–H groups in total. The molecule has 0 aliphatic carbocycles. The number of carbonyl (C=O) groups is 1. The summed E-state index contributed by atoms with van der Waals surface area (Å²) >= 11 is 1.37. The van der Waals surface area contributed by atoms with Gasteiger partial charge in [-0.1, -0.05) is 35.5 Å². The fourth-order valence-electron chi connectivity index (χ4n) is 3.04. The van der Waals surface area contributed by atoms with Gasteiger partial charge in [-0.25, -0.2) is 9.67 Å². The molecule has 152 valence electrons. The molecule has 1 amide bonds. The maximum absolute atomic E-state index is 12.4. The van der Waals surface area contributed by atoms with E-state index in [0.717, 1.165) is 34.5 Å². The van der Waals surface area contributed by atoms with Gasteiger partial charge in [-0.05, 0) is 44.2 Å². The van der Waals surface area contributed by atoms with Crippen molar-refractivity contribution in [1.29, 1.82) is 0 Å². The van der Waals surface area contributed by atoms with Crippen LogP contribution in [-0.2, 0) is 11.3 Å². The van der Waals surface area contributed by atoms with Crippen molar-refractivity contribution >= 4 is 23.4 Å². The Kier molecular flexibility index (Phi) is 5.89. The van der Waals surface area contributed by atoms with Crippen molar-refractivity contribution in [1.82, 2.24) is 29.5 Å². The Morgan fingerprint density at radius 3 is 2.67 bits per heavy atom. The van der Waals surface area contributed by atoms with Crippen molar-refractivity contribution in [2.24, 2.45) is 0 Å². The van der Waals surface area contributed by atoms with Crippen LogP contribution >= 0.6 is 11.8 Å². The zero-order valence-electron chi connectivity index (χ0n) is 16.7. The lowest BCUT2D eigenvalue weighted by atomic mass is 10.1. The van der Waals surface area contributed by atoms with Gasteiger partial charge in [0.05, 0.1) is 11.4 Å². The van der Waals surface area contributed by atoms with E-state index in [1.165, 1.54) is 23.7 Å². The monoisotopic (exact) mass is 419 g/mol. The first-order valence-electron chi connectivity index (χ1n) is 9.52. The summed E-state index contributed by atoms with van der Waals surface area (Å²) in [6.07, 6.45) is 3.10. The highest BCUT2D eigenvalue weighted by Gasteiger charge is 2.15. The Morgan fingerprint density at radius 2 is 1.97 bits per heavy atom. The third-order valence-corrected chi connectivity index (χ3v) is 5.44. The van der Waals surface area contributed by atoms with Gasteiger partial charge in [-0.3, -0.25) is 4.79 Å². The van der Waals surface area contributed by atoms with Crippen LogP contribution in [0.5, 0.6) is 0 Å². The Hall–Kier alpha value is -3.46. The smallest absolute Gasteiger partial charge is 0.234 e. The van der Waals surface area contributed by atoms with Gasteiger partial charge >= 0.3 is 0 Å². The van der Waals surface area contributed by atoms with Crippen LogP contribution in [0.1, 0.15) is 12.5 Å². The van der Waals surface area contributed by atoms with E-state index in [4.69, 9.17) is 0 Å². The maximum Gasteiger partial charge on any atom is 0.234 e. The minimum Gasteiger partial charge on any atom is -0.325 e. The average Bonchev–Trinajstić information content (AvgIpc) is 3.43. The number of hydrogen-bond acceptors (Lipinski definition) is 6. The van der Waals surface area contributed by atoms with Crippen LogP contribution in [0.2, 0.25) is 0 Å². The third kappa shape index (κ3) is 4.41. The summed E-state index contributed by atoms with van der Waals surface area (Å²) in [6.45, 7) is 4.82. The summed E-state index contributed by atoms with van der Waals surface area (Å²) in [4.78, 5) is 16.3. The van der Waals surface area contributed by atoms with E-state index < -0.39 is 0 Å². The molecule has 2 aromatic heterocycles. The summed E-state index contributed by atoms with van der Waals surface area (Å²) in [6, 6.07) is 15.6. The number of benzene rings is 2. The highest BCUT2D eigenvalue weighted by molar-refractivity contribution is 7.99. The fraction of sp³-hybridized carbons (Fsp3) is 0.190. The Labute approximate surface area is 178 Å². The van der Waals surface area contributed by atoms with Crippen LogP contribution in [-0.4, -0.2) is 41.2 Å². The molecule has 0 saturated heterocycles. The van der Waals surface area contributed by atoms with Crippen LogP contribution in [0.25, 0.3) is 17.1 Å². The standard InChI is InChI=1S/C21H21N7OS/c1-3-27-20(16-6-4-5-15(2)11-16)25-26-21(27)30-12-19(29)24-17-7-9-18(10-8-17)28-14-22-13-23-28/h4-11,13-14H,3,12H2,1-2H3,(H,24,29). The second-order valence-corrected chi connectivity index (χ2v) is 7.59. The Balaban J connectivity index is 1.39. The minimum absolute atomic E-state index is 0.101. The number of hydrogen-bond donors (Lipinski definition) is 1. The summed E-state index contributed by atoms with van der Waals surface area (Å²) in [7, 11) is 0. The Bertz CT molecular complexity index is 1140. The molecule has 0 aliphatic rings. The molecule has 0 bridgehead atoms. The highest BCUT2D eigenvalue weighted by atomic mass is 32.2. The van der Waals surface area contributed by atoms with E-state index in [2.05, 4.69) is 44.7 Å². The summed E-state index contributed by atoms with van der Waals surface area (Å²) in [5, 5.41) is 16.4. The third-order valence-electron chi connectivity index (χ3n) is 4.48. The van der Waals surface area contributed by atoms with Gasteiger partial charge in [0.2, 0.25) is 5.91 Å². The molecule has 30 heavy (non-hydrogen) atoms. The fourth-order valence-corrected chi connectivity index (χ4v) is 3.85. The lowest BCUT2D eigenvalue weighted by Crippen LogP contribution is -2.14. The van der Waals surface area contributed by atoms with E-state index in [-0.39, 0.29) is 11.7 Å². The number of amides is 1. The van der Waals surface area contributed by atoms with Gasteiger partial charge in [0.15, 0.2) is 11.0 Å². The van der Waals surface area contributed by atoms with Crippen molar-refractivity contribution in [3.63, 3.8) is 0 Å². The number of thioether (sulfide) groups is 1. The average molecular weight is 420 g/mol. The first-order valence-corrected chi connectivity index (χ1v) is 10.5. The molecule has 0 atom stereocenters. The molecule has 0 radical (unpaired) electrons. The van der Waals surface area contributed by atoms with Crippen molar-refractivity contribution in [2.75, 3.05) is 11.1 Å². The lowest BCUT2D eigenvalue weighted by molar-refractivity contribution is -0.113. The normalized spacial score (nSPS) is 10.9. The van der Waals surface area contributed by atoms with Crippen LogP contribution in [0.4, 0.5) is 5.69 Å². The molecule has 9 heteroatoms. The Morgan fingerprint density at radius 1 is 1.13 bits per heavy atom. The molecular weight excluding hydrogens is 398 g/mol. The number of nitrogens with zero attached hydrogens (tertiary/aromatic N) is 6. The molecule has 0 aliphatic heterocycles. The van der Waals surface area contributed by atoms with Crippen LogP contribution in [0, 0.1) is 6.92 Å². The molecule has 0 fully saturated rings. The van der Waals surface area contributed by atoms with E-state index in [1.54, 1.807) is 11.0 Å². The van der Waals surface area contributed by atoms with Crippen LogP contribution in [0.15, 0.2) is 66.3 Å². The van der Waals surface area contributed by atoms with E-state index >= 15 is 0 Å². The zero-order valence-corrected chi connectivity index (χ0v) is 17.5. The van der Waals surface area contributed by atoms with Gasteiger partial charge in [0, 0.05) is 17.8 Å². The van der Waals surface area contributed by atoms with Crippen LogP contribution < -0.4 is 5.32 Å². The number of aromatic nitrogens is 6. The molecule has 2 aromatic carbocycles. The number of carbonyl (C=O) groups excluding carboxylic acids is 1. The van der Waals surface area contributed by atoms with Crippen molar-refractivity contribution < 1.29 is 4.79 Å². The van der Waals surface area contributed by atoms with Crippen molar-refractivity contribution in [2.45, 2.75) is 25.5 Å². The second kappa shape index (κ2) is 8.91. The van der Waals surface area contributed by atoms with Gasteiger partial charge in [-0.2, -0.15) is 5.10 Å². The molecule has 4 rings (SSSR count). The number of rotatable bonds is 7. The van der Waals surface area contributed by atoms with E-state index in [1.807, 2.05) is 47.9 Å². The van der Waals surface area contributed by atoms with Crippen molar-refractivity contribution in [3.8, 4) is 17.1 Å². The number of nitrogens with one attached hydrogen (secondary N) is 1. The molecule has 0 spiro atoms. The van der Waals surface area contributed by atoms with Crippen LogP contribution in [0.3, 0.4) is 0 Å². The summed E-state index contributed by atoms with van der Waals surface area (Å²) < 4.78 is 3.68. The highest BCUT2D eigenvalue weighted by Crippen LogP contribution is 2.24. The quantitative estimate of drug-likeness (QED) is 0.461. The maximum atomic E-state index is 12.4. The molecule has 2 heterocycles. The first-order chi connectivity index (χ1) is 14.6. The summed E-state index contributed by atoms with van der Waals surface area (Å²) in [5.41, 5.74) is 3.79. The second-order valence-electron chi connectivity index (χ2n) is 6.64. The zero-order chi connectivity index (χ0) is 20.9. The first kappa shape index (κ1) is 19.8. The van der Waals surface area contributed by atoms with E-state index in [0.29, 0.717) is 0 Å². The predicted molar refractivity (Wildman–Crippen MR) is 117 cm³/mol. The molecule has 0 saturated carbocycles.